The van der Waals surface area contributed by atoms with Crippen LogP contribution in [0.25, 0.3) is 78.3 Å². The molecular formula is C56H37N3. The molecular weight excluding hydrogens is 715 g/mol. The van der Waals surface area contributed by atoms with Gasteiger partial charge in [0.25, 0.3) is 0 Å². The van der Waals surface area contributed by atoms with Gasteiger partial charge in [-0.05, 0) is 72.5 Å². The van der Waals surface area contributed by atoms with Crippen LogP contribution in [-0.4, -0.2) is 15.0 Å². The lowest BCUT2D eigenvalue weighted by Crippen LogP contribution is -2.28. The van der Waals surface area contributed by atoms with Crippen molar-refractivity contribution in [1.29, 1.82) is 0 Å². The molecule has 0 saturated heterocycles. The van der Waals surface area contributed by atoms with Crippen molar-refractivity contribution in [3.05, 3.63) is 247 Å². The summed E-state index contributed by atoms with van der Waals surface area (Å²) in [6.07, 6.45) is 0. The zero-order valence-electron chi connectivity index (χ0n) is 32.2. The average molecular weight is 752 g/mol. The summed E-state index contributed by atoms with van der Waals surface area (Å²) in [5.74, 6) is 1.93. The van der Waals surface area contributed by atoms with Crippen LogP contribution >= 0.6 is 0 Å². The van der Waals surface area contributed by atoms with E-state index < -0.39 is 5.41 Å². The molecule has 9 aromatic carbocycles. The Hall–Kier alpha value is -7.75. The summed E-state index contributed by atoms with van der Waals surface area (Å²) >= 11 is 0. The number of hydrogen-bond acceptors (Lipinski definition) is 3. The van der Waals surface area contributed by atoms with Crippen molar-refractivity contribution >= 4 is 10.8 Å². The number of nitrogens with zero attached hydrogens (tertiary/aromatic N) is 3. The first-order valence-electron chi connectivity index (χ1n) is 20.1. The van der Waals surface area contributed by atoms with E-state index in [4.69, 9.17) is 15.0 Å². The minimum atomic E-state index is -0.516. The highest BCUT2D eigenvalue weighted by Gasteiger charge is 2.47. The van der Waals surface area contributed by atoms with E-state index in [1.165, 1.54) is 60.8 Å². The minimum absolute atomic E-state index is 0.516. The summed E-state index contributed by atoms with van der Waals surface area (Å²) < 4.78 is 0. The van der Waals surface area contributed by atoms with Gasteiger partial charge in [-0.25, -0.2) is 15.0 Å². The molecule has 3 heteroatoms. The molecule has 1 aliphatic carbocycles. The normalized spacial score (nSPS) is 12.5. The fourth-order valence-corrected chi connectivity index (χ4v) is 9.15. The number of aromatic nitrogens is 3. The Morgan fingerprint density at radius 1 is 0.271 bits per heavy atom. The molecule has 0 atom stereocenters. The van der Waals surface area contributed by atoms with Gasteiger partial charge < -0.3 is 0 Å². The molecule has 1 aliphatic rings. The predicted molar refractivity (Wildman–Crippen MR) is 242 cm³/mol. The topological polar surface area (TPSA) is 38.7 Å². The quantitative estimate of drug-likeness (QED) is 0.163. The van der Waals surface area contributed by atoms with Gasteiger partial charge in [-0.2, -0.15) is 0 Å². The highest BCUT2D eigenvalue weighted by atomic mass is 15.0. The third-order valence-corrected chi connectivity index (χ3v) is 11.8. The Balaban J connectivity index is 1.16. The fraction of sp³-hybridized carbons (Fsp3) is 0.0179. The van der Waals surface area contributed by atoms with E-state index in [-0.39, 0.29) is 0 Å². The van der Waals surface area contributed by atoms with E-state index in [0.29, 0.717) is 17.5 Å². The second kappa shape index (κ2) is 14.3. The van der Waals surface area contributed by atoms with Crippen molar-refractivity contribution in [2.24, 2.45) is 0 Å². The first-order valence-corrected chi connectivity index (χ1v) is 20.1. The van der Waals surface area contributed by atoms with Crippen LogP contribution in [0.1, 0.15) is 22.3 Å². The molecule has 0 fully saturated rings. The highest BCUT2D eigenvalue weighted by Crippen LogP contribution is 2.59. The van der Waals surface area contributed by atoms with Gasteiger partial charge in [-0.3, -0.25) is 0 Å². The zero-order valence-corrected chi connectivity index (χ0v) is 32.2. The largest absolute Gasteiger partial charge is 0.208 e. The third kappa shape index (κ3) is 5.78. The lowest BCUT2D eigenvalue weighted by molar-refractivity contribution is 0.768. The number of fused-ring (bicyclic) bond motifs is 4. The Morgan fingerprint density at radius 2 is 0.729 bits per heavy atom. The number of benzene rings is 9. The van der Waals surface area contributed by atoms with E-state index in [1.807, 2.05) is 60.7 Å². The SMILES string of the molecule is c1ccc(-c2nc(-c3ccccc3)nc(-c3ccc(-c4c(-c5ccc6ccccc6c5)ccc5c4-c4ccccc4C5(c4ccccc4)c4ccccc4)cc3)n2)cc1. The van der Waals surface area contributed by atoms with Gasteiger partial charge in [0.2, 0.25) is 0 Å². The van der Waals surface area contributed by atoms with Crippen molar-refractivity contribution < 1.29 is 0 Å². The van der Waals surface area contributed by atoms with E-state index in [9.17, 15) is 0 Å². The summed E-state index contributed by atoms with van der Waals surface area (Å²) in [4.78, 5) is 15.0. The van der Waals surface area contributed by atoms with Crippen molar-refractivity contribution in [2.75, 3.05) is 0 Å². The minimum Gasteiger partial charge on any atom is -0.208 e. The predicted octanol–water partition coefficient (Wildman–Crippen LogP) is 13.7. The molecule has 0 amide bonds. The van der Waals surface area contributed by atoms with E-state index in [1.54, 1.807) is 0 Å². The van der Waals surface area contributed by atoms with Crippen LogP contribution in [0, 0.1) is 0 Å². The van der Waals surface area contributed by atoms with Gasteiger partial charge >= 0.3 is 0 Å². The van der Waals surface area contributed by atoms with Gasteiger partial charge in [0, 0.05) is 16.7 Å². The maximum absolute atomic E-state index is 5.05. The molecule has 0 bridgehead atoms. The van der Waals surface area contributed by atoms with Crippen molar-refractivity contribution in [3.63, 3.8) is 0 Å². The molecule has 3 nitrogen and oxygen atoms in total. The van der Waals surface area contributed by atoms with Crippen LogP contribution in [0.2, 0.25) is 0 Å². The summed E-state index contributed by atoms with van der Waals surface area (Å²) in [5.41, 5.74) is 14.6. The zero-order chi connectivity index (χ0) is 39.2. The summed E-state index contributed by atoms with van der Waals surface area (Å²) in [5, 5.41) is 2.44. The summed E-state index contributed by atoms with van der Waals surface area (Å²) in [6, 6.07) is 80.3. The molecule has 0 aliphatic heterocycles. The first-order chi connectivity index (χ1) is 29.3. The van der Waals surface area contributed by atoms with Gasteiger partial charge in [-0.15, -0.1) is 0 Å². The average Bonchev–Trinajstić information content (AvgIpc) is 3.63. The molecule has 59 heavy (non-hydrogen) atoms. The molecule has 1 heterocycles. The third-order valence-electron chi connectivity index (χ3n) is 11.8. The molecule has 276 valence electrons. The Labute approximate surface area is 344 Å². The van der Waals surface area contributed by atoms with Crippen LogP contribution in [-0.2, 0) is 5.41 Å². The smallest absolute Gasteiger partial charge is 0.164 e. The summed E-state index contributed by atoms with van der Waals surface area (Å²) in [6.45, 7) is 0. The maximum atomic E-state index is 5.05. The monoisotopic (exact) mass is 751 g/mol. The molecule has 0 radical (unpaired) electrons. The first kappa shape index (κ1) is 34.5. The molecule has 0 unspecified atom stereocenters. The second-order valence-electron chi connectivity index (χ2n) is 15.1. The van der Waals surface area contributed by atoms with Crippen LogP contribution in [0.4, 0.5) is 0 Å². The lowest BCUT2D eigenvalue weighted by Gasteiger charge is -2.34. The van der Waals surface area contributed by atoms with Crippen LogP contribution < -0.4 is 0 Å². The van der Waals surface area contributed by atoms with Crippen molar-refractivity contribution in [3.8, 4) is 67.5 Å². The molecule has 0 saturated carbocycles. The Morgan fingerprint density at radius 3 is 1.32 bits per heavy atom. The standard InChI is InChI=1S/C56H37N3/c1-5-18-40(19-6-1)53-57-54(41-20-7-2-8-21-41)59-55(58-53)42-32-30-39(31-33-42)51-47(44-34-29-38-17-13-14-22-43(38)37-44)35-36-50-52(51)48-27-15-16-28-49(48)56(50,45-23-9-3-10-24-45)46-25-11-4-12-26-46/h1-37H. The number of hydrogen-bond donors (Lipinski definition) is 0. The van der Waals surface area contributed by atoms with Crippen molar-refractivity contribution in [2.45, 2.75) is 5.41 Å². The summed E-state index contributed by atoms with van der Waals surface area (Å²) in [7, 11) is 0. The van der Waals surface area contributed by atoms with Crippen molar-refractivity contribution in [1.82, 2.24) is 15.0 Å². The van der Waals surface area contributed by atoms with Crippen LogP contribution in [0.5, 0.6) is 0 Å². The second-order valence-corrected chi connectivity index (χ2v) is 15.1. The van der Waals surface area contributed by atoms with E-state index >= 15 is 0 Å². The molecule has 10 aromatic rings. The molecule has 0 N–H and O–H groups in total. The van der Waals surface area contributed by atoms with Gasteiger partial charge in [0.05, 0.1) is 5.41 Å². The van der Waals surface area contributed by atoms with Gasteiger partial charge in [-0.1, -0.05) is 218 Å². The molecule has 1 aromatic heterocycles. The fourth-order valence-electron chi connectivity index (χ4n) is 9.15. The highest BCUT2D eigenvalue weighted by molar-refractivity contribution is 6.03. The molecule has 11 rings (SSSR count). The van der Waals surface area contributed by atoms with Gasteiger partial charge in [0.1, 0.15) is 0 Å². The molecule has 0 spiro atoms. The van der Waals surface area contributed by atoms with E-state index in [2.05, 4.69) is 164 Å². The lowest BCUT2D eigenvalue weighted by atomic mass is 9.67. The maximum Gasteiger partial charge on any atom is 0.164 e. The van der Waals surface area contributed by atoms with E-state index in [0.717, 1.165) is 22.3 Å². The van der Waals surface area contributed by atoms with Crippen LogP contribution in [0.3, 0.4) is 0 Å². The van der Waals surface area contributed by atoms with Gasteiger partial charge in [0.15, 0.2) is 17.5 Å². The Kier molecular flexibility index (Phi) is 8.37. The number of rotatable bonds is 7. The Bertz CT molecular complexity index is 3030. The van der Waals surface area contributed by atoms with Crippen LogP contribution in [0.15, 0.2) is 224 Å².